The van der Waals surface area contributed by atoms with Gasteiger partial charge in [-0.2, -0.15) is 0 Å². The average Bonchev–Trinajstić information content (AvgIpc) is 3.19. The summed E-state index contributed by atoms with van der Waals surface area (Å²) in [4.78, 5) is 22.3. The van der Waals surface area contributed by atoms with E-state index in [9.17, 15) is 9.18 Å². The number of methoxy groups -OCH3 is 1. The number of amides is 1. The monoisotopic (exact) mass is 404 g/mol. The van der Waals surface area contributed by atoms with Crippen LogP contribution in [0.15, 0.2) is 71.6 Å². The topological polar surface area (TPSA) is 81.4 Å². The lowest BCUT2D eigenvalue weighted by Gasteiger charge is -2.19. The van der Waals surface area contributed by atoms with Gasteiger partial charge in [-0.3, -0.25) is 4.79 Å². The van der Waals surface area contributed by atoms with Crippen molar-refractivity contribution in [2.75, 3.05) is 12.0 Å². The molecule has 30 heavy (non-hydrogen) atoms. The first-order valence-electron chi connectivity index (χ1n) is 9.05. The van der Waals surface area contributed by atoms with Gasteiger partial charge in [0.25, 0.3) is 0 Å². The number of halogens is 1. The Balaban J connectivity index is 1.94. The second kappa shape index (κ2) is 8.12. The molecule has 0 bridgehead atoms. The third kappa shape index (κ3) is 3.62. The van der Waals surface area contributed by atoms with Crippen LogP contribution >= 0.6 is 0 Å². The number of anilines is 2. The molecule has 0 spiro atoms. The highest BCUT2D eigenvalue weighted by molar-refractivity contribution is 6.03. The number of hydrogen-bond donors (Lipinski definition) is 0. The molecule has 7 nitrogen and oxygen atoms in total. The maximum absolute atomic E-state index is 13.4. The molecule has 8 heteroatoms. The van der Waals surface area contributed by atoms with Crippen molar-refractivity contribution in [3.05, 3.63) is 72.9 Å². The van der Waals surface area contributed by atoms with Crippen molar-refractivity contribution in [1.82, 2.24) is 15.1 Å². The van der Waals surface area contributed by atoms with Crippen LogP contribution in [0.2, 0.25) is 0 Å². The third-order valence-electron chi connectivity index (χ3n) is 4.46. The van der Waals surface area contributed by atoms with Crippen molar-refractivity contribution in [3.8, 4) is 28.3 Å². The summed E-state index contributed by atoms with van der Waals surface area (Å²) >= 11 is 0. The molecule has 0 saturated heterocycles. The van der Waals surface area contributed by atoms with Gasteiger partial charge in [-0.25, -0.2) is 19.3 Å². The van der Waals surface area contributed by atoms with E-state index in [0.717, 1.165) is 0 Å². The Labute approximate surface area is 171 Å². The minimum Gasteiger partial charge on any atom is -0.497 e. The smallest absolute Gasteiger partial charge is 0.248 e. The molecule has 0 radical (unpaired) electrons. The SMILES string of the molecule is COc1cccc(N(C(C)=O)c2onc(-c3ccc(F)cc3)c2-c2ccncn2)c1. The van der Waals surface area contributed by atoms with E-state index >= 15 is 0 Å². The van der Waals surface area contributed by atoms with Crippen LogP contribution < -0.4 is 9.64 Å². The van der Waals surface area contributed by atoms with Crippen LogP contribution in [0.1, 0.15) is 6.92 Å². The highest BCUT2D eigenvalue weighted by atomic mass is 19.1. The fourth-order valence-electron chi connectivity index (χ4n) is 3.10. The molecule has 4 aromatic rings. The summed E-state index contributed by atoms with van der Waals surface area (Å²) < 4.78 is 24.4. The Morgan fingerprint density at radius 2 is 1.93 bits per heavy atom. The van der Waals surface area contributed by atoms with E-state index in [1.807, 2.05) is 0 Å². The first-order chi connectivity index (χ1) is 14.6. The first kappa shape index (κ1) is 19.3. The van der Waals surface area contributed by atoms with Gasteiger partial charge in [0.05, 0.1) is 24.1 Å². The van der Waals surface area contributed by atoms with E-state index < -0.39 is 0 Å². The van der Waals surface area contributed by atoms with Gasteiger partial charge in [0.1, 0.15) is 23.6 Å². The molecule has 0 atom stereocenters. The van der Waals surface area contributed by atoms with E-state index in [0.29, 0.717) is 34.0 Å². The Morgan fingerprint density at radius 1 is 1.13 bits per heavy atom. The summed E-state index contributed by atoms with van der Waals surface area (Å²) in [5.41, 5.74) is 2.59. The largest absolute Gasteiger partial charge is 0.497 e. The minimum atomic E-state index is -0.368. The second-order valence-electron chi connectivity index (χ2n) is 6.37. The fourth-order valence-corrected chi connectivity index (χ4v) is 3.10. The molecule has 0 saturated carbocycles. The Morgan fingerprint density at radius 3 is 2.60 bits per heavy atom. The Kier molecular flexibility index (Phi) is 5.21. The molecule has 0 unspecified atom stereocenters. The van der Waals surface area contributed by atoms with Gasteiger partial charge >= 0.3 is 0 Å². The zero-order chi connectivity index (χ0) is 21.1. The summed E-state index contributed by atoms with van der Waals surface area (Å²) in [5, 5.41) is 4.18. The summed E-state index contributed by atoms with van der Waals surface area (Å²) in [7, 11) is 1.55. The van der Waals surface area contributed by atoms with Gasteiger partial charge in [-0.05, 0) is 42.5 Å². The van der Waals surface area contributed by atoms with Gasteiger partial charge in [0, 0.05) is 24.8 Å². The van der Waals surface area contributed by atoms with Crippen molar-refractivity contribution in [2.45, 2.75) is 6.92 Å². The van der Waals surface area contributed by atoms with E-state index in [1.165, 1.54) is 30.3 Å². The van der Waals surface area contributed by atoms with Crippen molar-refractivity contribution in [3.63, 3.8) is 0 Å². The van der Waals surface area contributed by atoms with Gasteiger partial charge < -0.3 is 9.26 Å². The van der Waals surface area contributed by atoms with Gasteiger partial charge in [0.15, 0.2) is 0 Å². The zero-order valence-electron chi connectivity index (χ0n) is 16.2. The Bertz CT molecular complexity index is 1180. The lowest BCUT2D eigenvalue weighted by atomic mass is 10.0. The average molecular weight is 404 g/mol. The molecule has 2 aromatic carbocycles. The van der Waals surface area contributed by atoms with Gasteiger partial charge in [-0.15, -0.1) is 0 Å². The molecule has 2 heterocycles. The number of ether oxygens (including phenoxy) is 1. The molecule has 0 N–H and O–H groups in total. The third-order valence-corrected chi connectivity index (χ3v) is 4.46. The molecular weight excluding hydrogens is 387 g/mol. The maximum atomic E-state index is 13.4. The highest BCUT2D eigenvalue weighted by Crippen LogP contribution is 2.41. The lowest BCUT2D eigenvalue weighted by molar-refractivity contribution is -0.116. The standard InChI is InChI=1S/C22H17FN4O3/c1-14(28)27(17-4-3-5-18(12-17)29-2)22-20(19-10-11-24-13-25-19)21(26-30-22)15-6-8-16(23)9-7-15/h3-13H,1-2H3. The predicted molar refractivity (Wildman–Crippen MR) is 109 cm³/mol. The highest BCUT2D eigenvalue weighted by Gasteiger charge is 2.28. The number of hydrogen-bond acceptors (Lipinski definition) is 6. The number of aromatic nitrogens is 3. The van der Waals surface area contributed by atoms with E-state index in [4.69, 9.17) is 9.26 Å². The first-order valence-corrected chi connectivity index (χ1v) is 9.05. The van der Waals surface area contributed by atoms with Crippen LogP contribution in [0.4, 0.5) is 16.0 Å². The van der Waals surface area contributed by atoms with Crippen LogP contribution in [0.25, 0.3) is 22.5 Å². The summed E-state index contributed by atoms with van der Waals surface area (Å²) in [6, 6.07) is 14.5. The van der Waals surface area contributed by atoms with Crippen molar-refractivity contribution in [1.29, 1.82) is 0 Å². The van der Waals surface area contributed by atoms with Crippen molar-refractivity contribution in [2.24, 2.45) is 0 Å². The maximum Gasteiger partial charge on any atom is 0.248 e. The molecule has 0 aliphatic rings. The van der Waals surface area contributed by atoms with Gasteiger partial charge in [-0.1, -0.05) is 11.2 Å². The quantitative estimate of drug-likeness (QED) is 0.482. The fraction of sp³-hybridized carbons (Fsp3) is 0.0909. The molecule has 2 aromatic heterocycles. The second-order valence-corrected chi connectivity index (χ2v) is 6.37. The predicted octanol–water partition coefficient (Wildman–Crippen LogP) is 4.63. The molecule has 150 valence electrons. The normalized spacial score (nSPS) is 10.6. The van der Waals surface area contributed by atoms with E-state index in [-0.39, 0.29) is 17.6 Å². The number of nitrogens with zero attached hydrogens (tertiary/aromatic N) is 4. The van der Waals surface area contributed by atoms with E-state index in [1.54, 1.807) is 55.8 Å². The number of benzene rings is 2. The number of rotatable bonds is 5. The van der Waals surface area contributed by atoms with Crippen molar-refractivity contribution >= 4 is 17.5 Å². The van der Waals surface area contributed by atoms with Crippen LogP contribution in [0, 0.1) is 5.82 Å². The van der Waals surface area contributed by atoms with Gasteiger partial charge in [0.2, 0.25) is 11.8 Å². The Hall–Kier alpha value is -4.07. The lowest BCUT2D eigenvalue weighted by Crippen LogP contribution is -2.23. The number of carbonyl (C=O) groups excluding carboxylic acids is 1. The summed E-state index contributed by atoms with van der Waals surface area (Å²) in [5.74, 6) is 0.113. The summed E-state index contributed by atoms with van der Waals surface area (Å²) in [6.45, 7) is 1.42. The zero-order valence-corrected chi connectivity index (χ0v) is 16.2. The summed E-state index contributed by atoms with van der Waals surface area (Å²) in [6.07, 6.45) is 2.97. The molecule has 0 aliphatic carbocycles. The van der Waals surface area contributed by atoms with E-state index in [2.05, 4.69) is 15.1 Å². The molecule has 1 amide bonds. The van der Waals surface area contributed by atoms with Crippen LogP contribution in [-0.4, -0.2) is 28.1 Å². The van der Waals surface area contributed by atoms with Crippen LogP contribution in [0.5, 0.6) is 5.75 Å². The van der Waals surface area contributed by atoms with Crippen LogP contribution in [-0.2, 0) is 4.79 Å². The minimum absolute atomic E-state index is 0.189. The molecule has 0 fully saturated rings. The molecule has 4 rings (SSSR count). The molecular formula is C22H17FN4O3. The van der Waals surface area contributed by atoms with Crippen molar-refractivity contribution < 1.29 is 18.4 Å². The van der Waals surface area contributed by atoms with Crippen LogP contribution in [0.3, 0.4) is 0 Å². The molecule has 0 aliphatic heterocycles. The number of carbonyl (C=O) groups is 1.